The van der Waals surface area contributed by atoms with Crippen LogP contribution in [0.3, 0.4) is 0 Å². The van der Waals surface area contributed by atoms with Crippen LogP contribution in [0, 0.1) is 0 Å². The van der Waals surface area contributed by atoms with Crippen LogP contribution in [0.5, 0.6) is 0 Å². The molecule has 1 unspecified atom stereocenters. The van der Waals surface area contributed by atoms with Crippen LogP contribution in [0.25, 0.3) is 5.57 Å². The Labute approximate surface area is 140 Å². The highest BCUT2D eigenvalue weighted by Crippen LogP contribution is 2.40. The molecular formula is C16H15F3N4S. The van der Waals surface area contributed by atoms with Gasteiger partial charge in [0.05, 0.1) is 17.4 Å². The molecule has 0 spiro atoms. The van der Waals surface area contributed by atoms with Crippen LogP contribution in [0.4, 0.5) is 18.3 Å². The van der Waals surface area contributed by atoms with E-state index in [-0.39, 0.29) is 10.8 Å². The number of anilines is 1. The van der Waals surface area contributed by atoms with Crippen molar-refractivity contribution in [2.75, 3.05) is 5.73 Å². The fourth-order valence-corrected chi connectivity index (χ4v) is 3.35. The number of halogens is 3. The molecule has 2 heterocycles. The summed E-state index contributed by atoms with van der Waals surface area (Å²) in [5.74, 6) is 0. The van der Waals surface area contributed by atoms with E-state index in [1.54, 1.807) is 6.08 Å². The average Bonchev–Trinajstić information content (AvgIpc) is 2.90. The molecule has 126 valence electrons. The van der Waals surface area contributed by atoms with Gasteiger partial charge in [0, 0.05) is 12.0 Å². The molecular weight excluding hydrogens is 337 g/mol. The minimum Gasteiger partial charge on any atom is -0.375 e. The minimum absolute atomic E-state index is 0.116. The Balaban J connectivity index is 1.97. The smallest absolute Gasteiger partial charge is 0.375 e. The number of nitrogens with two attached hydrogens (primary N) is 1. The molecule has 1 atom stereocenters. The molecule has 4 nitrogen and oxygen atoms in total. The van der Waals surface area contributed by atoms with Crippen LogP contribution < -0.4 is 11.2 Å². The van der Waals surface area contributed by atoms with Crippen molar-refractivity contribution < 1.29 is 13.2 Å². The van der Waals surface area contributed by atoms with Gasteiger partial charge < -0.3 is 11.2 Å². The number of alkyl halides is 3. The van der Waals surface area contributed by atoms with Crippen LogP contribution in [0.15, 0.2) is 41.5 Å². The van der Waals surface area contributed by atoms with Gasteiger partial charge in [-0.1, -0.05) is 41.7 Å². The number of aromatic nitrogens is 1. The molecule has 0 bridgehead atoms. The number of allylic oxidation sites excluding steroid dienone is 1. The second-order valence-corrected chi connectivity index (χ2v) is 6.81. The summed E-state index contributed by atoms with van der Waals surface area (Å²) < 4.78 is 39.6. The number of benzene rings is 1. The topological polar surface area (TPSA) is 63.3 Å². The Morgan fingerprint density at radius 3 is 2.62 bits per heavy atom. The lowest BCUT2D eigenvalue weighted by molar-refractivity contribution is -0.134. The van der Waals surface area contributed by atoms with E-state index in [1.807, 2.05) is 37.3 Å². The molecule has 0 fully saturated rings. The van der Waals surface area contributed by atoms with Crippen LogP contribution in [0.1, 0.15) is 23.1 Å². The highest BCUT2D eigenvalue weighted by atomic mass is 32.1. The molecule has 3 N–H and O–H groups in total. The van der Waals surface area contributed by atoms with Crippen LogP contribution in [-0.2, 0) is 12.6 Å². The molecule has 1 aliphatic rings. The molecule has 0 saturated heterocycles. The standard InChI is InChI=1S/C16H15F3N4S/c1-15(7-10-5-3-2-4-6-10)8-11(9-21-23-15)12-13(16(17,18)19)24-14(20)22-12/h2-6,8-9,23H,7H2,1H3,(H2,20,22). The average molecular weight is 352 g/mol. The lowest BCUT2D eigenvalue weighted by Crippen LogP contribution is -2.41. The number of nitrogens with zero attached hydrogens (tertiary/aromatic N) is 2. The largest absolute Gasteiger partial charge is 0.427 e. The highest BCUT2D eigenvalue weighted by Gasteiger charge is 2.38. The van der Waals surface area contributed by atoms with E-state index >= 15 is 0 Å². The molecule has 3 rings (SSSR count). The number of nitrogen functional groups attached to an aromatic ring is 1. The summed E-state index contributed by atoms with van der Waals surface area (Å²) in [6.07, 6.45) is -0.858. The first kappa shape index (κ1) is 16.5. The van der Waals surface area contributed by atoms with E-state index in [1.165, 1.54) is 6.21 Å². The van der Waals surface area contributed by atoms with Crippen molar-refractivity contribution >= 4 is 28.3 Å². The maximum absolute atomic E-state index is 13.2. The summed E-state index contributed by atoms with van der Waals surface area (Å²) in [7, 11) is 0. The van der Waals surface area contributed by atoms with Gasteiger partial charge in [-0.15, -0.1) is 0 Å². The summed E-state index contributed by atoms with van der Waals surface area (Å²) in [5, 5.41) is 3.91. The summed E-state index contributed by atoms with van der Waals surface area (Å²) in [6, 6.07) is 9.66. The van der Waals surface area contributed by atoms with Crippen molar-refractivity contribution in [3.8, 4) is 0 Å². The number of nitrogens with one attached hydrogen (secondary N) is 1. The van der Waals surface area contributed by atoms with E-state index in [4.69, 9.17) is 5.73 Å². The predicted molar refractivity (Wildman–Crippen MR) is 89.7 cm³/mol. The Morgan fingerprint density at radius 1 is 1.25 bits per heavy atom. The van der Waals surface area contributed by atoms with Gasteiger partial charge >= 0.3 is 6.18 Å². The lowest BCUT2D eigenvalue weighted by Gasteiger charge is -2.29. The molecule has 0 aliphatic carbocycles. The van der Waals surface area contributed by atoms with E-state index in [0.717, 1.165) is 5.56 Å². The molecule has 2 aromatic rings. The van der Waals surface area contributed by atoms with Crippen molar-refractivity contribution in [1.82, 2.24) is 10.4 Å². The number of hydrogen-bond acceptors (Lipinski definition) is 5. The normalized spacial score (nSPS) is 20.6. The first-order chi connectivity index (χ1) is 11.3. The second-order valence-electron chi connectivity index (χ2n) is 5.78. The fraction of sp³-hybridized carbons (Fsp3) is 0.250. The van der Waals surface area contributed by atoms with Crippen molar-refractivity contribution in [2.45, 2.75) is 25.1 Å². The molecule has 8 heteroatoms. The zero-order chi connectivity index (χ0) is 17.4. The third-order valence-corrected chi connectivity index (χ3v) is 4.52. The Kier molecular flexibility index (Phi) is 4.08. The zero-order valence-electron chi connectivity index (χ0n) is 12.8. The van der Waals surface area contributed by atoms with Gasteiger partial charge in [-0.25, -0.2) is 4.98 Å². The van der Waals surface area contributed by atoms with Gasteiger partial charge in [-0.3, -0.25) is 0 Å². The molecule has 0 saturated carbocycles. The van der Waals surface area contributed by atoms with Crippen LogP contribution in [-0.4, -0.2) is 16.7 Å². The molecule has 0 amide bonds. The number of hydrazone groups is 1. The second kappa shape index (κ2) is 5.94. The van der Waals surface area contributed by atoms with Crippen LogP contribution in [0.2, 0.25) is 0 Å². The Bertz CT molecular complexity index is 795. The van der Waals surface area contributed by atoms with E-state index in [9.17, 15) is 13.2 Å². The van der Waals surface area contributed by atoms with Crippen LogP contribution >= 0.6 is 11.3 Å². The van der Waals surface area contributed by atoms with Crippen molar-refractivity contribution in [1.29, 1.82) is 0 Å². The highest BCUT2D eigenvalue weighted by molar-refractivity contribution is 7.15. The maximum atomic E-state index is 13.2. The van der Waals surface area contributed by atoms with Gasteiger partial charge in [0.25, 0.3) is 0 Å². The first-order valence-electron chi connectivity index (χ1n) is 7.18. The summed E-state index contributed by atoms with van der Waals surface area (Å²) >= 11 is 0.438. The molecule has 24 heavy (non-hydrogen) atoms. The van der Waals surface area contributed by atoms with Crippen molar-refractivity contribution in [2.24, 2.45) is 5.10 Å². The number of hydrogen-bond donors (Lipinski definition) is 2. The van der Waals surface area contributed by atoms with Crippen molar-refractivity contribution in [3.63, 3.8) is 0 Å². The third-order valence-electron chi connectivity index (χ3n) is 3.59. The summed E-state index contributed by atoms with van der Waals surface area (Å²) in [5.41, 5.74) is 9.03. The van der Waals surface area contributed by atoms with Gasteiger partial charge in [0.1, 0.15) is 4.88 Å². The zero-order valence-corrected chi connectivity index (χ0v) is 13.6. The number of thiazole rings is 1. The third kappa shape index (κ3) is 3.43. The summed E-state index contributed by atoms with van der Waals surface area (Å²) in [4.78, 5) is 3.06. The molecule has 1 aromatic heterocycles. The summed E-state index contributed by atoms with van der Waals surface area (Å²) in [6.45, 7) is 1.87. The SMILES string of the molecule is CC1(Cc2ccccc2)C=C(c2nc(N)sc2C(F)(F)F)C=NN1. The quantitative estimate of drug-likeness (QED) is 0.885. The minimum atomic E-state index is -4.50. The molecule has 1 aromatic carbocycles. The molecule has 0 radical (unpaired) electrons. The predicted octanol–water partition coefficient (Wildman–Crippen LogP) is 3.72. The monoisotopic (exact) mass is 352 g/mol. The Morgan fingerprint density at radius 2 is 1.96 bits per heavy atom. The maximum Gasteiger partial charge on any atom is 0.427 e. The number of rotatable bonds is 3. The van der Waals surface area contributed by atoms with E-state index in [0.29, 0.717) is 23.3 Å². The lowest BCUT2D eigenvalue weighted by atomic mass is 9.90. The van der Waals surface area contributed by atoms with Gasteiger partial charge in [0.15, 0.2) is 5.13 Å². The van der Waals surface area contributed by atoms with Gasteiger partial charge in [-0.2, -0.15) is 18.3 Å². The first-order valence-corrected chi connectivity index (χ1v) is 7.99. The van der Waals surface area contributed by atoms with E-state index < -0.39 is 16.6 Å². The Hall–Kier alpha value is -2.35. The van der Waals surface area contributed by atoms with Crippen molar-refractivity contribution in [3.05, 3.63) is 52.5 Å². The molecule has 1 aliphatic heterocycles. The van der Waals surface area contributed by atoms with Gasteiger partial charge in [0.2, 0.25) is 0 Å². The fourth-order valence-electron chi connectivity index (χ4n) is 2.63. The van der Waals surface area contributed by atoms with E-state index in [2.05, 4.69) is 15.5 Å². The van der Waals surface area contributed by atoms with Gasteiger partial charge in [-0.05, 0) is 18.6 Å².